The van der Waals surface area contributed by atoms with E-state index in [0.29, 0.717) is 19.5 Å². The molecule has 0 radical (unpaired) electrons. The summed E-state index contributed by atoms with van der Waals surface area (Å²) in [5.41, 5.74) is 0.0161. The van der Waals surface area contributed by atoms with Gasteiger partial charge < -0.3 is 10.2 Å². The third-order valence-electron chi connectivity index (χ3n) is 5.07. The number of carbonyl (C=O) groups excluding carboxylic acids is 2. The highest BCUT2D eigenvalue weighted by Gasteiger charge is 2.31. The lowest BCUT2D eigenvalue weighted by Crippen LogP contribution is -2.51. The number of aromatic nitrogens is 1. The van der Waals surface area contributed by atoms with Crippen LogP contribution in [0.3, 0.4) is 0 Å². The molecule has 2 heterocycles. The average molecular weight is 449 g/mol. The Morgan fingerprint density at radius 3 is 3.00 bits per heavy atom. The molecule has 8 nitrogen and oxygen atoms in total. The number of thiazole rings is 1. The standard InChI is InChI=1S/C20H24N4O4S2/c1-29-10-7-17(22-18(25)14-4-2-6-16(12-14)24(27)28)20(26)23-9-3-5-15(13-23)19-21-8-11-30-19/h2,4,6,8,11-12,15,17H,3,5,7,9-10,13H2,1H3,(H,22,25). The summed E-state index contributed by atoms with van der Waals surface area (Å²) in [6.07, 6.45) is 6.11. The number of hydrogen-bond donors (Lipinski definition) is 1. The van der Waals surface area contributed by atoms with Crippen LogP contribution in [0.1, 0.15) is 40.5 Å². The van der Waals surface area contributed by atoms with E-state index in [9.17, 15) is 19.7 Å². The van der Waals surface area contributed by atoms with Gasteiger partial charge in [-0.25, -0.2) is 4.98 Å². The number of non-ortho nitro benzene ring substituents is 1. The van der Waals surface area contributed by atoms with Gasteiger partial charge in [-0.1, -0.05) is 6.07 Å². The van der Waals surface area contributed by atoms with Gasteiger partial charge in [0.05, 0.1) is 9.93 Å². The number of benzene rings is 1. The van der Waals surface area contributed by atoms with Gasteiger partial charge in [0, 0.05) is 48.3 Å². The molecule has 10 heteroatoms. The van der Waals surface area contributed by atoms with Crippen molar-refractivity contribution in [1.82, 2.24) is 15.2 Å². The van der Waals surface area contributed by atoms with E-state index in [2.05, 4.69) is 10.3 Å². The second-order valence-electron chi connectivity index (χ2n) is 7.11. The zero-order chi connectivity index (χ0) is 21.5. The van der Waals surface area contributed by atoms with Crippen molar-refractivity contribution in [3.8, 4) is 0 Å². The van der Waals surface area contributed by atoms with E-state index >= 15 is 0 Å². The molecule has 1 aliphatic heterocycles. The predicted octanol–water partition coefficient (Wildman–Crippen LogP) is 3.31. The molecule has 3 rings (SSSR count). The molecule has 1 aromatic carbocycles. The lowest BCUT2D eigenvalue weighted by Gasteiger charge is -2.34. The number of nitrogens with zero attached hydrogens (tertiary/aromatic N) is 3. The zero-order valence-electron chi connectivity index (χ0n) is 16.7. The first kappa shape index (κ1) is 22.2. The first-order valence-electron chi connectivity index (χ1n) is 9.72. The molecule has 0 bridgehead atoms. The van der Waals surface area contributed by atoms with Crippen molar-refractivity contribution >= 4 is 40.6 Å². The van der Waals surface area contributed by atoms with Gasteiger partial charge in [0.25, 0.3) is 11.6 Å². The minimum Gasteiger partial charge on any atom is -0.340 e. The summed E-state index contributed by atoms with van der Waals surface area (Å²) in [6.45, 7) is 1.25. The number of rotatable bonds is 8. The van der Waals surface area contributed by atoms with Crippen molar-refractivity contribution < 1.29 is 14.5 Å². The minimum absolute atomic E-state index is 0.107. The molecule has 1 N–H and O–H groups in total. The number of nitro groups is 1. The largest absolute Gasteiger partial charge is 0.340 e. The monoisotopic (exact) mass is 448 g/mol. The van der Waals surface area contributed by atoms with Crippen LogP contribution in [0.4, 0.5) is 5.69 Å². The lowest BCUT2D eigenvalue weighted by molar-refractivity contribution is -0.384. The van der Waals surface area contributed by atoms with Crippen molar-refractivity contribution in [2.45, 2.75) is 31.2 Å². The van der Waals surface area contributed by atoms with Gasteiger partial charge in [-0.2, -0.15) is 11.8 Å². The molecule has 2 amide bonds. The molecule has 1 aromatic heterocycles. The van der Waals surface area contributed by atoms with Crippen molar-refractivity contribution in [2.75, 3.05) is 25.1 Å². The van der Waals surface area contributed by atoms with Crippen molar-refractivity contribution in [3.63, 3.8) is 0 Å². The molecule has 2 unspecified atom stereocenters. The zero-order valence-corrected chi connectivity index (χ0v) is 18.3. The molecule has 30 heavy (non-hydrogen) atoms. The number of nitro benzene ring substituents is 1. The Morgan fingerprint density at radius 1 is 1.47 bits per heavy atom. The highest BCUT2D eigenvalue weighted by molar-refractivity contribution is 7.98. The molecule has 1 saturated heterocycles. The van der Waals surface area contributed by atoms with E-state index in [4.69, 9.17) is 0 Å². The van der Waals surface area contributed by atoms with Gasteiger partial charge in [-0.15, -0.1) is 11.3 Å². The fraction of sp³-hybridized carbons (Fsp3) is 0.450. The Bertz CT molecular complexity index is 891. The Kier molecular flexibility index (Phi) is 7.81. The number of hydrogen-bond acceptors (Lipinski definition) is 7. The Labute approximate surface area is 183 Å². The SMILES string of the molecule is CSCCC(NC(=O)c1cccc([N+](=O)[O-])c1)C(=O)N1CCCC(c2nccs2)C1. The minimum atomic E-state index is -0.667. The highest BCUT2D eigenvalue weighted by atomic mass is 32.2. The van der Waals surface area contributed by atoms with Gasteiger partial charge in [0.15, 0.2) is 0 Å². The number of likely N-dealkylation sites (tertiary alicyclic amines) is 1. The smallest absolute Gasteiger partial charge is 0.270 e. The Hall–Kier alpha value is -2.46. The summed E-state index contributed by atoms with van der Waals surface area (Å²) < 4.78 is 0. The molecule has 0 saturated carbocycles. The van der Waals surface area contributed by atoms with Crippen LogP contribution in [0, 0.1) is 10.1 Å². The first-order valence-corrected chi connectivity index (χ1v) is 12.0. The summed E-state index contributed by atoms with van der Waals surface area (Å²) in [4.78, 5) is 42.6. The maximum atomic E-state index is 13.2. The van der Waals surface area contributed by atoms with Crippen LogP contribution in [0.5, 0.6) is 0 Å². The van der Waals surface area contributed by atoms with Crippen LogP contribution in [-0.4, -0.2) is 57.8 Å². The van der Waals surface area contributed by atoms with Crippen molar-refractivity contribution in [3.05, 3.63) is 56.5 Å². The maximum Gasteiger partial charge on any atom is 0.270 e. The summed E-state index contributed by atoms with van der Waals surface area (Å²) in [7, 11) is 0. The second-order valence-corrected chi connectivity index (χ2v) is 9.02. The van der Waals surface area contributed by atoms with Crippen LogP contribution >= 0.6 is 23.1 Å². The number of thioether (sulfide) groups is 1. The molecule has 2 atom stereocenters. The molecule has 160 valence electrons. The quantitative estimate of drug-likeness (QED) is 0.491. The third kappa shape index (κ3) is 5.57. The van der Waals surface area contributed by atoms with Gasteiger partial charge in [-0.05, 0) is 37.3 Å². The predicted molar refractivity (Wildman–Crippen MR) is 118 cm³/mol. The topological polar surface area (TPSA) is 105 Å². The normalized spacial score (nSPS) is 17.4. The van der Waals surface area contributed by atoms with Crippen LogP contribution < -0.4 is 5.32 Å². The third-order valence-corrected chi connectivity index (χ3v) is 6.65. The van der Waals surface area contributed by atoms with E-state index in [-0.39, 0.29) is 23.1 Å². The summed E-state index contributed by atoms with van der Waals surface area (Å²) in [5.74, 6) is 0.349. The number of carbonyl (C=O) groups is 2. The van der Waals surface area contributed by atoms with Crippen molar-refractivity contribution in [1.29, 1.82) is 0 Å². The Balaban J connectivity index is 1.71. The molecule has 0 aliphatic carbocycles. The Morgan fingerprint density at radius 2 is 2.30 bits per heavy atom. The molecular formula is C20H24N4O4S2. The van der Waals surface area contributed by atoms with Gasteiger partial charge >= 0.3 is 0 Å². The number of nitrogens with one attached hydrogen (secondary N) is 1. The lowest BCUT2D eigenvalue weighted by atomic mass is 9.97. The highest BCUT2D eigenvalue weighted by Crippen LogP contribution is 2.28. The molecule has 1 aliphatic rings. The average Bonchev–Trinajstić information content (AvgIpc) is 3.31. The van der Waals surface area contributed by atoms with E-state index in [1.54, 1.807) is 29.3 Å². The maximum absolute atomic E-state index is 13.2. The molecule has 2 aromatic rings. The summed E-state index contributed by atoms with van der Waals surface area (Å²) in [6, 6.07) is 4.87. The molecular weight excluding hydrogens is 424 g/mol. The molecule has 0 spiro atoms. The first-order chi connectivity index (χ1) is 14.5. The van der Waals surface area contributed by atoms with Gasteiger partial charge in [-0.3, -0.25) is 19.7 Å². The van der Waals surface area contributed by atoms with E-state index in [1.165, 1.54) is 24.3 Å². The van der Waals surface area contributed by atoms with Gasteiger partial charge in [0.1, 0.15) is 6.04 Å². The van der Waals surface area contributed by atoms with Crippen LogP contribution in [0.2, 0.25) is 0 Å². The van der Waals surface area contributed by atoms with Crippen molar-refractivity contribution in [2.24, 2.45) is 0 Å². The number of piperidine rings is 1. The van der Waals surface area contributed by atoms with E-state index in [1.807, 2.05) is 16.5 Å². The summed E-state index contributed by atoms with van der Waals surface area (Å²) >= 11 is 3.20. The fourth-order valence-electron chi connectivity index (χ4n) is 3.53. The van der Waals surface area contributed by atoms with Gasteiger partial charge in [0.2, 0.25) is 5.91 Å². The van der Waals surface area contributed by atoms with E-state index in [0.717, 1.165) is 23.6 Å². The summed E-state index contributed by atoms with van der Waals surface area (Å²) in [5, 5.41) is 16.8. The fourth-order valence-corrected chi connectivity index (χ4v) is 4.77. The van der Waals surface area contributed by atoms with Crippen LogP contribution in [-0.2, 0) is 4.79 Å². The number of amides is 2. The second kappa shape index (κ2) is 10.5. The molecule has 1 fully saturated rings. The van der Waals surface area contributed by atoms with Crippen LogP contribution in [0.15, 0.2) is 35.8 Å². The van der Waals surface area contributed by atoms with E-state index < -0.39 is 16.9 Å². The van der Waals surface area contributed by atoms with Crippen LogP contribution in [0.25, 0.3) is 0 Å².